The van der Waals surface area contributed by atoms with E-state index in [2.05, 4.69) is 5.32 Å². The summed E-state index contributed by atoms with van der Waals surface area (Å²) in [5, 5.41) is 14.3. The standard InChI is InChI=1S/C18H18ClNO2/c19-16-9-5-4-8-15(16)17(21)20-12-18(22,14-10-11-14)13-6-2-1-3-7-13/h1-9,14,22H,10-12H2,(H,20,21). The van der Waals surface area contributed by atoms with Gasteiger partial charge < -0.3 is 10.4 Å². The van der Waals surface area contributed by atoms with Crippen LogP contribution < -0.4 is 5.32 Å². The van der Waals surface area contributed by atoms with Crippen LogP contribution in [0.2, 0.25) is 5.02 Å². The van der Waals surface area contributed by atoms with Crippen LogP contribution in [0, 0.1) is 5.92 Å². The fraction of sp³-hybridized carbons (Fsp3) is 0.278. The summed E-state index contributed by atoms with van der Waals surface area (Å²) in [6.45, 7) is 0.186. The molecular weight excluding hydrogens is 298 g/mol. The van der Waals surface area contributed by atoms with Crippen LogP contribution in [-0.4, -0.2) is 17.6 Å². The Morgan fingerprint density at radius 1 is 1.14 bits per heavy atom. The molecule has 0 heterocycles. The van der Waals surface area contributed by atoms with E-state index in [0.717, 1.165) is 18.4 Å². The Morgan fingerprint density at radius 3 is 2.41 bits per heavy atom. The van der Waals surface area contributed by atoms with E-state index in [9.17, 15) is 9.90 Å². The average Bonchev–Trinajstić information content (AvgIpc) is 3.39. The summed E-state index contributed by atoms with van der Waals surface area (Å²) in [5.41, 5.74) is 0.255. The van der Waals surface area contributed by atoms with Crippen molar-refractivity contribution in [1.29, 1.82) is 0 Å². The van der Waals surface area contributed by atoms with Gasteiger partial charge in [-0.3, -0.25) is 4.79 Å². The number of benzene rings is 2. The molecule has 2 aromatic carbocycles. The lowest BCUT2D eigenvalue weighted by molar-refractivity contribution is 0.0135. The van der Waals surface area contributed by atoms with Crippen molar-refractivity contribution in [1.82, 2.24) is 5.32 Å². The maximum absolute atomic E-state index is 12.3. The van der Waals surface area contributed by atoms with Crippen molar-refractivity contribution in [3.05, 3.63) is 70.7 Å². The molecule has 3 rings (SSSR count). The highest BCUT2D eigenvalue weighted by atomic mass is 35.5. The first kappa shape index (κ1) is 15.1. The van der Waals surface area contributed by atoms with Gasteiger partial charge in [0.2, 0.25) is 0 Å². The van der Waals surface area contributed by atoms with Crippen molar-refractivity contribution in [2.45, 2.75) is 18.4 Å². The highest BCUT2D eigenvalue weighted by Gasteiger charge is 2.45. The molecule has 0 saturated heterocycles. The molecule has 2 N–H and O–H groups in total. The van der Waals surface area contributed by atoms with Gasteiger partial charge in [0.1, 0.15) is 5.60 Å². The molecule has 0 radical (unpaired) electrons. The van der Waals surface area contributed by atoms with Crippen LogP contribution in [0.25, 0.3) is 0 Å². The third-order valence-corrected chi connectivity index (χ3v) is 4.49. The average molecular weight is 316 g/mol. The molecule has 4 heteroatoms. The van der Waals surface area contributed by atoms with Gasteiger partial charge in [0.15, 0.2) is 0 Å². The molecule has 1 aliphatic carbocycles. The van der Waals surface area contributed by atoms with Crippen LogP contribution in [0.15, 0.2) is 54.6 Å². The molecule has 1 saturated carbocycles. The Morgan fingerprint density at radius 2 is 1.77 bits per heavy atom. The molecule has 2 aromatic rings. The second-order valence-electron chi connectivity index (χ2n) is 5.73. The van der Waals surface area contributed by atoms with Crippen LogP contribution in [-0.2, 0) is 5.60 Å². The third-order valence-electron chi connectivity index (χ3n) is 4.16. The minimum atomic E-state index is -1.02. The Hall–Kier alpha value is -1.84. The minimum absolute atomic E-state index is 0.186. The Kier molecular flexibility index (Phi) is 4.19. The van der Waals surface area contributed by atoms with Crippen molar-refractivity contribution in [2.75, 3.05) is 6.54 Å². The SMILES string of the molecule is O=C(NCC(O)(c1ccccc1)C1CC1)c1ccccc1Cl. The molecule has 1 amide bonds. The minimum Gasteiger partial charge on any atom is -0.383 e. The van der Waals surface area contributed by atoms with E-state index in [1.165, 1.54) is 0 Å². The maximum atomic E-state index is 12.3. The predicted molar refractivity (Wildman–Crippen MR) is 86.8 cm³/mol. The Bertz CT molecular complexity index is 670. The molecule has 0 spiro atoms. The van der Waals surface area contributed by atoms with E-state index in [1.807, 2.05) is 30.3 Å². The van der Waals surface area contributed by atoms with Gasteiger partial charge in [0, 0.05) is 0 Å². The molecule has 0 aromatic heterocycles. The van der Waals surface area contributed by atoms with Gasteiger partial charge in [0.05, 0.1) is 17.1 Å². The predicted octanol–water partition coefficient (Wildman–Crippen LogP) is 3.37. The van der Waals surface area contributed by atoms with Crippen molar-refractivity contribution >= 4 is 17.5 Å². The quantitative estimate of drug-likeness (QED) is 0.888. The second kappa shape index (κ2) is 6.11. The smallest absolute Gasteiger partial charge is 0.252 e. The van der Waals surface area contributed by atoms with E-state index in [4.69, 9.17) is 11.6 Å². The number of nitrogens with one attached hydrogen (secondary N) is 1. The number of hydrogen-bond donors (Lipinski definition) is 2. The topological polar surface area (TPSA) is 49.3 Å². The van der Waals surface area contributed by atoms with Crippen molar-refractivity contribution < 1.29 is 9.90 Å². The zero-order chi connectivity index (χ0) is 15.6. The van der Waals surface area contributed by atoms with Gasteiger partial charge in [-0.1, -0.05) is 54.1 Å². The Labute approximate surface area is 134 Å². The number of rotatable bonds is 5. The van der Waals surface area contributed by atoms with E-state index < -0.39 is 5.60 Å². The fourth-order valence-electron chi connectivity index (χ4n) is 2.73. The van der Waals surface area contributed by atoms with Crippen molar-refractivity contribution in [3.8, 4) is 0 Å². The molecule has 0 aliphatic heterocycles. The lowest BCUT2D eigenvalue weighted by Crippen LogP contribution is -2.42. The number of carbonyl (C=O) groups excluding carboxylic acids is 1. The summed E-state index contributed by atoms with van der Waals surface area (Å²) >= 11 is 6.04. The molecule has 114 valence electrons. The van der Waals surface area contributed by atoms with Crippen LogP contribution in [0.1, 0.15) is 28.8 Å². The lowest BCUT2D eigenvalue weighted by Gasteiger charge is -2.29. The molecule has 1 aliphatic rings. The Balaban J connectivity index is 1.76. The molecule has 0 bridgehead atoms. The third kappa shape index (κ3) is 3.01. The largest absolute Gasteiger partial charge is 0.383 e. The van der Waals surface area contributed by atoms with Gasteiger partial charge >= 0.3 is 0 Å². The summed E-state index contributed by atoms with van der Waals surface area (Å²) in [5.74, 6) is -0.0675. The lowest BCUT2D eigenvalue weighted by atomic mass is 9.88. The van der Waals surface area contributed by atoms with Crippen LogP contribution in [0.5, 0.6) is 0 Å². The number of aliphatic hydroxyl groups is 1. The first-order valence-electron chi connectivity index (χ1n) is 7.42. The van der Waals surface area contributed by atoms with Gasteiger partial charge in [0.25, 0.3) is 5.91 Å². The van der Waals surface area contributed by atoms with Gasteiger partial charge in [-0.2, -0.15) is 0 Å². The van der Waals surface area contributed by atoms with E-state index in [-0.39, 0.29) is 18.4 Å². The van der Waals surface area contributed by atoms with Crippen LogP contribution in [0.3, 0.4) is 0 Å². The number of halogens is 1. The maximum Gasteiger partial charge on any atom is 0.252 e. The number of carbonyl (C=O) groups is 1. The van der Waals surface area contributed by atoms with Crippen molar-refractivity contribution in [2.24, 2.45) is 5.92 Å². The highest BCUT2D eigenvalue weighted by molar-refractivity contribution is 6.33. The zero-order valence-corrected chi connectivity index (χ0v) is 12.9. The van der Waals surface area contributed by atoms with E-state index in [1.54, 1.807) is 24.3 Å². The first-order chi connectivity index (χ1) is 10.6. The van der Waals surface area contributed by atoms with Gasteiger partial charge in [-0.25, -0.2) is 0 Å². The molecule has 22 heavy (non-hydrogen) atoms. The van der Waals surface area contributed by atoms with Gasteiger partial charge in [-0.15, -0.1) is 0 Å². The molecule has 1 atom stereocenters. The normalized spacial score (nSPS) is 16.8. The van der Waals surface area contributed by atoms with Crippen molar-refractivity contribution in [3.63, 3.8) is 0 Å². The van der Waals surface area contributed by atoms with Gasteiger partial charge in [-0.05, 0) is 36.5 Å². The monoisotopic (exact) mass is 315 g/mol. The molecule has 1 fully saturated rings. The fourth-order valence-corrected chi connectivity index (χ4v) is 2.95. The number of hydrogen-bond acceptors (Lipinski definition) is 2. The molecule has 1 unspecified atom stereocenters. The zero-order valence-electron chi connectivity index (χ0n) is 12.1. The summed E-state index contributed by atoms with van der Waals surface area (Å²) in [4.78, 5) is 12.3. The summed E-state index contributed by atoms with van der Waals surface area (Å²) < 4.78 is 0. The molecule has 3 nitrogen and oxygen atoms in total. The first-order valence-corrected chi connectivity index (χ1v) is 7.79. The molecular formula is C18H18ClNO2. The van der Waals surface area contributed by atoms with E-state index >= 15 is 0 Å². The highest BCUT2D eigenvalue weighted by Crippen LogP contribution is 2.45. The van der Waals surface area contributed by atoms with Crippen LogP contribution >= 0.6 is 11.6 Å². The van der Waals surface area contributed by atoms with E-state index in [0.29, 0.717) is 10.6 Å². The summed E-state index contributed by atoms with van der Waals surface area (Å²) in [7, 11) is 0. The number of amides is 1. The van der Waals surface area contributed by atoms with Crippen LogP contribution in [0.4, 0.5) is 0 Å². The summed E-state index contributed by atoms with van der Waals surface area (Å²) in [6.07, 6.45) is 1.96. The summed E-state index contributed by atoms with van der Waals surface area (Å²) in [6, 6.07) is 16.4. The second-order valence-corrected chi connectivity index (χ2v) is 6.13.